The number of rotatable bonds is 2. The summed E-state index contributed by atoms with van der Waals surface area (Å²) in [5.74, 6) is -0.567. The van der Waals surface area contributed by atoms with E-state index in [9.17, 15) is 10.0 Å². The summed E-state index contributed by atoms with van der Waals surface area (Å²) in [6.45, 7) is 1.20. The highest BCUT2D eigenvalue weighted by atomic mass is 16.8. The molecular weight excluding hydrogens is 206 g/mol. The first kappa shape index (κ1) is 9.12. The molecule has 0 aromatic carbocycles. The van der Waals surface area contributed by atoms with Gasteiger partial charge in [0, 0.05) is 6.92 Å². The molecule has 9 nitrogen and oxygen atoms in total. The first-order valence-electron chi connectivity index (χ1n) is 3.82. The van der Waals surface area contributed by atoms with Crippen LogP contribution in [0.25, 0.3) is 11.2 Å². The minimum Gasteiger partial charge on any atom is -0.359 e. The SMILES string of the molecule is CC(=O)ONc1ncnc2no[n+]([O-])c12. The van der Waals surface area contributed by atoms with Crippen molar-refractivity contribution in [3.05, 3.63) is 11.5 Å². The molecule has 0 bridgehead atoms. The van der Waals surface area contributed by atoms with E-state index in [1.165, 1.54) is 6.92 Å². The molecule has 2 aromatic rings. The highest BCUT2D eigenvalue weighted by Gasteiger charge is 2.17. The zero-order valence-electron chi connectivity index (χ0n) is 7.50. The molecule has 0 amide bonds. The number of nitrogens with one attached hydrogen (secondary N) is 1. The van der Waals surface area contributed by atoms with Crippen LogP contribution in [-0.2, 0) is 9.63 Å². The first-order chi connectivity index (χ1) is 7.18. The number of hydrogen-bond donors (Lipinski definition) is 1. The van der Waals surface area contributed by atoms with Crippen molar-refractivity contribution in [2.24, 2.45) is 0 Å². The Morgan fingerprint density at radius 2 is 2.47 bits per heavy atom. The Bertz CT molecular complexity index is 509. The van der Waals surface area contributed by atoms with Gasteiger partial charge in [-0.15, -0.1) is 0 Å². The first-order valence-corrected chi connectivity index (χ1v) is 3.82. The maximum atomic E-state index is 11.1. The fraction of sp³-hybridized carbons (Fsp3) is 0.167. The smallest absolute Gasteiger partial charge is 0.346 e. The van der Waals surface area contributed by atoms with Gasteiger partial charge < -0.3 is 10.0 Å². The Morgan fingerprint density at radius 3 is 3.20 bits per heavy atom. The van der Waals surface area contributed by atoms with Crippen LogP contribution in [0.15, 0.2) is 11.0 Å². The maximum absolute atomic E-state index is 11.1. The van der Waals surface area contributed by atoms with Crippen LogP contribution in [-0.4, -0.2) is 21.1 Å². The van der Waals surface area contributed by atoms with Crippen LogP contribution < -0.4 is 10.4 Å². The van der Waals surface area contributed by atoms with Crippen LogP contribution in [0.4, 0.5) is 5.82 Å². The van der Waals surface area contributed by atoms with Crippen molar-refractivity contribution in [1.82, 2.24) is 15.1 Å². The van der Waals surface area contributed by atoms with Gasteiger partial charge in [-0.05, 0) is 4.90 Å². The Labute approximate surface area is 82.2 Å². The number of aromatic nitrogens is 4. The summed E-state index contributed by atoms with van der Waals surface area (Å²) >= 11 is 0. The normalized spacial score (nSPS) is 10.2. The van der Waals surface area contributed by atoms with E-state index < -0.39 is 5.97 Å². The molecule has 0 aliphatic heterocycles. The van der Waals surface area contributed by atoms with E-state index in [1.54, 1.807) is 0 Å². The fourth-order valence-electron chi connectivity index (χ4n) is 0.916. The average molecular weight is 211 g/mol. The van der Waals surface area contributed by atoms with Crippen LogP contribution in [0.1, 0.15) is 6.92 Å². The number of anilines is 1. The maximum Gasteiger partial charge on any atom is 0.346 e. The summed E-state index contributed by atoms with van der Waals surface area (Å²) in [5.41, 5.74) is 2.21. The van der Waals surface area contributed by atoms with Gasteiger partial charge in [0.15, 0.2) is 0 Å². The lowest BCUT2D eigenvalue weighted by molar-refractivity contribution is -0.782. The van der Waals surface area contributed by atoms with Gasteiger partial charge >= 0.3 is 11.6 Å². The summed E-state index contributed by atoms with van der Waals surface area (Å²) in [6.07, 6.45) is 1.15. The molecule has 0 radical (unpaired) electrons. The second-order valence-electron chi connectivity index (χ2n) is 2.52. The van der Waals surface area contributed by atoms with Gasteiger partial charge in [0.05, 0.1) is 5.16 Å². The molecule has 0 saturated carbocycles. The van der Waals surface area contributed by atoms with E-state index in [-0.39, 0.29) is 21.9 Å². The van der Waals surface area contributed by atoms with E-state index >= 15 is 0 Å². The molecule has 2 aromatic heterocycles. The Hall–Kier alpha value is -2.45. The molecule has 0 aliphatic rings. The van der Waals surface area contributed by atoms with Gasteiger partial charge in [-0.3, -0.25) is 9.42 Å². The largest absolute Gasteiger partial charge is 0.359 e. The fourth-order valence-corrected chi connectivity index (χ4v) is 0.916. The molecule has 2 rings (SSSR count). The number of hydrogen-bond acceptors (Lipinski definition) is 8. The molecule has 0 aliphatic carbocycles. The van der Waals surface area contributed by atoms with Crippen molar-refractivity contribution in [3.8, 4) is 0 Å². The van der Waals surface area contributed by atoms with Crippen molar-refractivity contribution in [1.29, 1.82) is 0 Å². The number of carbonyl (C=O) groups excluding carboxylic acids is 1. The van der Waals surface area contributed by atoms with E-state index in [0.29, 0.717) is 0 Å². The quantitative estimate of drug-likeness (QED) is 0.503. The van der Waals surface area contributed by atoms with Crippen molar-refractivity contribution < 1.29 is 19.2 Å². The van der Waals surface area contributed by atoms with Crippen LogP contribution in [0.5, 0.6) is 0 Å². The summed E-state index contributed by atoms with van der Waals surface area (Å²) in [7, 11) is 0. The second kappa shape index (κ2) is 3.36. The molecule has 0 fully saturated rings. The van der Waals surface area contributed by atoms with Crippen LogP contribution in [0, 0.1) is 5.21 Å². The van der Waals surface area contributed by atoms with Gasteiger partial charge in [-0.25, -0.2) is 4.98 Å². The van der Waals surface area contributed by atoms with Gasteiger partial charge in [-0.1, -0.05) is 0 Å². The third-order valence-electron chi connectivity index (χ3n) is 1.48. The van der Waals surface area contributed by atoms with E-state index in [0.717, 1.165) is 6.33 Å². The van der Waals surface area contributed by atoms with Crippen LogP contribution >= 0.6 is 0 Å². The Kier molecular flexibility index (Phi) is 2.04. The molecule has 1 N–H and O–H groups in total. The molecule has 0 saturated heterocycles. The summed E-state index contributed by atoms with van der Waals surface area (Å²) < 4.78 is 4.29. The summed E-state index contributed by atoms with van der Waals surface area (Å²) in [4.78, 5) is 22.5. The molecular formula is C6H5N5O4. The van der Waals surface area contributed by atoms with E-state index in [2.05, 4.69) is 30.1 Å². The van der Waals surface area contributed by atoms with E-state index in [1.807, 2.05) is 0 Å². The zero-order chi connectivity index (χ0) is 10.8. The molecule has 0 atom stereocenters. The topological polar surface area (TPSA) is 117 Å². The molecule has 2 heterocycles. The minimum absolute atomic E-state index is 0.00597. The highest BCUT2D eigenvalue weighted by molar-refractivity contribution is 5.78. The molecule has 0 spiro atoms. The number of carbonyl (C=O) groups is 1. The number of nitrogens with zero attached hydrogens (tertiary/aromatic N) is 4. The standard InChI is InChI=1S/C6H5N5O4/c1-3(12)14-9-5-4-6(8-2-7-5)10-15-11(4)13/h2H,1H3,(H,7,8,9,10). The van der Waals surface area contributed by atoms with Crippen molar-refractivity contribution >= 4 is 23.0 Å². The van der Waals surface area contributed by atoms with Crippen molar-refractivity contribution in [2.75, 3.05) is 5.48 Å². The van der Waals surface area contributed by atoms with Gasteiger partial charge in [0.1, 0.15) is 6.33 Å². The van der Waals surface area contributed by atoms with Crippen LogP contribution in [0.2, 0.25) is 0 Å². The third-order valence-corrected chi connectivity index (χ3v) is 1.48. The predicted molar refractivity (Wildman–Crippen MR) is 43.9 cm³/mol. The lowest BCUT2D eigenvalue weighted by atomic mass is 10.5. The van der Waals surface area contributed by atoms with E-state index in [4.69, 9.17) is 0 Å². The Balaban J connectivity index is 2.41. The number of fused-ring (bicyclic) bond motifs is 1. The lowest BCUT2D eigenvalue weighted by Gasteiger charge is -2.01. The van der Waals surface area contributed by atoms with Gasteiger partial charge in [-0.2, -0.15) is 10.5 Å². The van der Waals surface area contributed by atoms with Gasteiger partial charge in [0.2, 0.25) is 5.82 Å². The highest BCUT2D eigenvalue weighted by Crippen LogP contribution is 2.12. The average Bonchev–Trinajstić information content (AvgIpc) is 2.58. The Morgan fingerprint density at radius 1 is 1.67 bits per heavy atom. The monoisotopic (exact) mass is 211 g/mol. The van der Waals surface area contributed by atoms with Crippen molar-refractivity contribution in [3.63, 3.8) is 0 Å². The van der Waals surface area contributed by atoms with Gasteiger partial charge in [0.25, 0.3) is 5.52 Å². The second-order valence-corrected chi connectivity index (χ2v) is 2.52. The zero-order valence-corrected chi connectivity index (χ0v) is 7.50. The van der Waals surface area contributed by atoms with Crippen LogP contribution in [0.3, 0.4) is 0 Å². The predicted octanol–water partition coefficient (Wildman–Crippen LogP) is -0.859. The summed E-state index contributed by atoms with van der Waals surface area (Å²) in [6, 6.07) is 0. The molecule has 15 heavy (non-hydrogen) atoms. The minimum atomic E-state index is -0.573. The third kappa shape index (κ3) is 1.61. The molecule has 9 heteroatoms. The molecule has 78 valence electrons. The van der Waals surface area contributed by atoms with Crippen molar-refractivity contribution in [2.45, 2.75) is 6.92 Å². The lowest BCUT2D eigenvalue weighted by Crippen LogP contribution is -2.24. The molecule has 0 unspecified atom stereocenters. The summed E-state index contributed by atoms with van der Waals surface area (Å²) in [5, 5.41) is 14.4.